The van der Waals surface area contributed by atoms with Crippen molar-refractivity contribution in [2.75, 3.05) is 12.8 Å². The summed E-state index contributed by atoms with van der Waals surface area (Å²) in [6.45, 7) is 1.75. The van der Waals surface area contributed by atoms with Crippen LogP contribution in [0.25, 0.3) is 0 Å². The van der Waals surface area contributed by atoms with Crippen molar-refractivity contribution in [3.63, 3.8) is 0 Å². The fourth-order valence-electron chi connectivity index (χ4n) is 0.626. The lowest BCUT2D eigenvalue weighted by atomic mass is 10.2. The van der Waals surface area contributed by atoms with E-state index in [2.05, 4.69) is 9.72 Å². The quantitative estimate of drug-likeness (QED) is 0.634. The molecule has 0 fully saturated rings. The van der Waals surface area contributed by atoms with Crippen molar-refractivity contribution in [2.24, 2.45) is 0 Å². The Kier molecular flexibility index (Phi) is 0.974. The maximum Gasteiger partial charge on any atom is 0.237 e. The minimum Gasteiger partial charge on any atom is -0.480 e. The van der Waals surface area contributed by atoms with Crippen LogP contribution in [0.4, 0.5) is 5.69 Å². The van der Waals surface area contributed by atoms with Gasteiger partial charge in [0.1, 0.15) is 0 Å². The van der Waals surface area contributed by atoms with Crippen molar-refractivity contribution in [3.05, 3.63) is 17.8 Å². The van der Waals surface area contributed by atoms with Crippen LogP contribution in [0, 0.1) is 6.92 Å². The monoisotopic (exact) mass is 141 g/mol. The number of rotatable bonds is 1. The van der Waals surface area contributed by atoms with Crippen molar-refractivity contribution >= 4 is 5.69 Å². The number of aromatic nitrogens is 1. The molecule has 1 rings (SSSR count). The van der Waals surface area contributed by atoms with E-state index in [0.717, 1.165) is 5.56 Å². The predicted octanol–water partition coefficient (Wildman–Crippen LogP) is 0.981. The highest BCUT2D eigenvalue weighted by Gasteiger charge is 2.00. The normalized spacial score (nSPS) is 15.1. The van der Waals surface area contributed by atoms with Gasteiger partial charge in [-0.2, -0.15) is 0 Å². The van der Waals surface area contributed by atoms with Crippen molar-refractivity contribution < 1.29 is 8.85 Å². The highest BCUT2D eigenvalue weighted by Crippen LogP contribution is 2.19. The zero-order valence-electron chi connectivity index (χ0n) is 8.59. The van der Waals surface area contributed by atoms with Crippen LogP contribution in [-0.4, -0.2) is 12.0 Å². The van der Waals surface area contributed by atoms with E-state index in [4.69, 9.17) is 9.85 Å². The molecule has 0 bridgehead atoms. The third-order valence-corrected chi connectivity index (χ3v) is 1.27. The second kappa shape index (κ2) is 2.56. The molecule has 0 saturated heterocycles. The Morgan fingerprint density at radius 3 is 3.30 bits per heavy atom. The summed E-state index contributed by atoms with van der Waals surface area (Å²) < 4.78 is 25.1. The maximum atomic E-state index is 6.85. The fourth-order valence-corrected chi connectivity index (χ4v) is 0.626. The highest BCUT2D eigenvalue weighted by molar-refractivity contribution is 5.53. The molecule has 1 heterocycles. The first kappa shape index (κ1) is 3.81. The molecule has 54 valence electrons. The van der Waals surface area contributed by atoms with E-state index in [9.17, 15) is 0 Å². The van der Waals surface area contributed by atoms with Crippen LogP contribution in [0.2, 0.25) is 0 Å². The zero-order valence-corrected chi connectivity index (χ0v) is 5.59. The van der Waals surface area contributed by atoms with E-state index in [1.807, 2.05) is 0 Å². The minimum absolute atomic E-state index is 0.0417. The van der Waals surface area contributed by atoms with E-state index in [1.54, 1.807) is 13.0 Å². The number of pyridine rings is 1. The lowest BCUT2D eigenvalue weighted by Crippen LogP contribution is -1.96. The van der Waals surface area contributed by atoms with Crippen LogP contribution < -0.4 is 10.5 Å². The predicted molar refractivity (Wildman–Crippen MR) is 39.9 cm³/mol. The molecule has 0 saturated carbocycles. The molecule has 0 amide bonds. The summed E-state index contributed by atoms with van der Waals surface area (Å²) in [5, 5.41) is 0. The molecule has 3 heteroatoms. The molecule has 0 spiro atoms. The van der Waals surface area contributed by atoms with Crippen molar-refractivity contribution in [2.45, 2.75) is 6.92 Å². The largest absolute Gasteiger partial charge is 0.480 e. The second-order valence-corrected chi connectivity index (χ2v) is 1.95. The van der Waals surface area contributed by atoms with Gasteiger partial charge in [-0.05, 0) is 18.6 Å². The first-order valence-corrected chi connectivity index (χ1v) is 2.80. The number of hydrogen-bond donors (Lipinski definition) is 1. The standard InChI is InChI=1S/C7H10N2O/c1-5-3-4-9-7(10-2)6(5)8/h3-4H,8H2,1-2H3/i2D3. The lowest BCUT2D eigenvalue weighted by molar-refractivity contribution is 0.400. The summed E-state index contributed by atoms with van der Waals surface area (Å²) in [6.07, 6.45) is 1.45. The molecule has 3 nitrogen and oxygen atoms in total. The number of ether oxygens (including phenoxy) is 1. The van der Waals surface area contributed by atoms with Gasteiger partial charge in [-0.3, -0.25) is 0 Å². The zero-order chi connectivity index (χ0) is 10.1. The molecule has 0 aromatic carbocycles. The van der Waals surface area contributed by atoms with Crippen LogP contribution in [0.15, 0.2) is 12.3 Å². The molecule has 0 radical (unpaired) electrons. The van der Waals surface area contributed by atoms with Gasteiger partial charge in [-0.25, -0.2) is 4.98 Å². The smallest absolute Gasteiger partial charge is 0.237 e. The molecule has 0 aliphatic carbocycles. The second-order valence-electron chi connectivity index (χ2n) is 1.95. The average Bonchev–Trinajstić information content (AvgIpc) is 1.96. The van der Waals surface area contributed by atoms with E-state index in [0.29, 0.717) is 0 Å². The van der Waals surface area contributed by atoms with Crippen LogP contribution in [0.5, 0.6) is 5.88 Å². The Hall–Kier alpha value is -1.25. The van der Waals surface area contributed by atoms with Crippen molar-refractivity contribution in [3.8, 4) is 5.88 Å². The number of nitrogens with two attached hydrogens (primary N) is 1. The van der Waals surface area contributed by atoms with Gasteiger partial charge in [0.05, 0.1) is 16.8 Å². The van der Waals surface area contributed by atoms with Crippen LogP contribution in [0.1, 0.15) is 9.68 Å². The van der Waals surface area contributed by atoms with Crippen molar-refractivity contribution in [1.82, 2.24) is 4.98 Å². The summed E-state index contributed by atoms with van der Waals surface area (Å²) in [5.41, 5.74) is 6.56. The van der Waals surface area contributed by atoms with Gasteiger partial charge in [0.25, 0.3) is 0 Å². The Bertz CT molecular complexity index is 311. The Morgan fingerprint density at radius 1 is 1.80 bits per heavy atom. The van der Waals surface area contributed by atoms with Gasteiger partial charge in [0, 0.05) is 6.20 Å². The topological polar surface area (TPSA) is 48.1 Å². The number of anilines is 1. The van der Waals surface area contributed by atoms with E-state index in [1.165, 1.54) is 6.20 Å². The summed E-state index contributed by atoms with van der Waals surface area (Å²) in [4.78, 5) is 3.72. The van der Waals surface area contributed by atoms with Crippen LogP contribution in [-0.2, 0) is 0 Å². The molecular weight excluding hydrogens is 128 g/mol. The highest BCUT2D eigenvalue weighted by atomic mass is 16.5. The lowest BCUT2D eigenvalue weighted by Gasteiger charge is -2.03. The number of methoxy groups -OCH3 is 1. The molecule has 0 unspecified atom stereocenters. The summed E-state index contributed by atoms with van der Waals surface area (Å²) in [5.74, 6) is -0.0417. The van der Waals surface area contributed by atoms with Gasteiger partial charge < -0.3 is 10.5 Å². The average molecular weight is 141 g/mol. The Morgan fingerprint density at radius 2 is 2.60 bits per heavy atom. The maximum absolute atomic E-state index is 6.85. The van der Waals surface area contributed by atoms with E-state index < -0.39 is 7.04 Å². The number of nitrogens with zero attached hydrogens (tertiary/aromatic N) is 1. The molecular formula is C7H10N2O. The SMILES string of the molecule is [2H]C([2H])([2H])Oc1nccc(C)c1N. The van der Waals surface area contributed by atoms with E-state index in [-0.39, 0.29) is 11.6 Å². The van der Waals surface area contributed by atoms with Gasteiger partial charge in [0.15, 0.2) is 0 Å². The molecule has 0 aliphatic rings. The molecule has 1 aromatic heterocycles. The van der Waals surface area contributed by atoms with Gasteiger partial charge in [-0.1, -0.05) is 0 Å². The molecule has 0 aliphatic heterocycles. The molecule has 10 heavy (non-hydrogen) atoms. The van der Waals surface area contributed by atoms with Gasteiger partial charge in [-0.15, -0.1) is 0 Å². The fraction of sp³-hybridized carbons (Fsp3) is 0.286. The van der Waals surface area contributed by atoms with Gasteiger partial charge in [0.2, 0.25) is 5.88 Å². The molecule has 1 aromatic rings. The molecule has 0 atom stereocenters. The summed E-state index contributed by atoms with van der Waals surface area (Å²) >= 11 is 0. The van der Waals surface area contributed by atoms with Crippen LogP contribution in [0.3, 0.4) is 0 Å². The first-order valence-electron chi connectivity index (χ1n) is 4.30. The third-order valence-electron chi connectivity index (χ3n) is 1.27. The van der Waals surface area contributed by atoms with E-state index >= 15 is 0 Å². The van der Waals surface area contributed by atoms with Gasteiger partial charge >= 0.3 is 0 Å². The third kappa shape index (κ3) is 1.03. The first-order chi connectivity index (χ1) is 5.90. The Labute approximate surface area is 64.0 Å². The summed E-state index contributed by atoms with van der Waals surface area (Å²) in [6, 6.07) is 1.68. The number of hydrogen-bond acceptors (Lipinski definition) is 3. The number of aryl methyl sites for hydroxylation is 1. The Balaban J connectivity index is 2.96. The molecule has 2 N–H and O–H groups in total. The van der Waals surface area contributed by atoms with Crippen molar-refractivity contribution in [1.29, 1.82) is 0 Å². The minimum atomic E-state index is -2.51. The number of nitrogen functional groups attached to an aromatic ring is 1. The summed E-state index contributed by atoms with van der Waals surface area (Å²) in [7, 11) is -2.51. The van der Waals surface area contributed by atoms with Crippen LogP contribution >= 0.6 is 0 Å².